The number of aliphatic hydroxyl groups is 1. The van der Waals surface area contributed by atoms with Gasteiger partial charge in [-0.3, -0.25) is 4.79 Å². The molecule has 0 aromatic heterocycles. The van der Waals surface area contributed by atoms with Crippen molar-refractivity contribution in [3.8, 4) is 0 Å². The van der Waals surface area contributed by atoms with Crippen molar-refractivity contribution >= 4 is 11.9 Å². The zero-order valence-electron chi connectivity index (χ0n) is 15.9. The van der Waals surface area contributed by atoms with E-state index in [9.17, 15) is 14.7 Å². The summed E-state index contributed by atoms with van der Waals surface area (Å²) in [5, 5.41) is 10.8. The van der Waals surface area contributed by atoms with Gasteiger partial charge in [-0.25, -0.2) is 4.79 Å². The Morgan fingerprint density at radius 2 is 1.96 bits per heavy atom. The lowest BCUT2D eigenvalue weighted by Gasteiger charge is -2.33. The van der Waals surface area contributed by atoms with Crippen LogP contribution in [-0.2, 0) is 9.53 Å². The van der Waals surface area contributed by atoms with Gasteiger partial charge in [-0.1, -0.05) is 29.7 Å². The smallest absolute Gasteiger partial charge is 0.409 e. The number of carbonyl (C=O) groups excluding carboxylic acids is 2. The van der Waals surface area contributed by atoms with Crippen LogP contribution >= 0.6 is 0 Å². The number of ketones is 1. The molecule has 1 aliphatic carbocycles. The molecule has 1 saturated heterocycles. The SMILES string of the molecule is COC(=O)N1CCCC(=O)C(C2=C(C)C=C(C)CC2C)C(O)CCC1. The van der Waals surface area contributed by atoms with E-state index in [0.717, 1.165) is 17.6 Å². The van der Waals surface area contributed by atoms with Crippen LogP contribution in [-0.4, -0.2) is 48.2 Å². The molecule has 3 atom stereocenters. The average molecular weight is 349 g/mol. The van der Waals surface area contributed by atoms with Crippen LogP contribution in [0.15, 0.2) is 22.8 Å². The Morgan fingerprint density at radius 1 is 1.28 bits per heavy atom. The first-order valence-electron chi connectivity index (χ1n) is 9.26. The molecule has 0 bridgehead atoms. The third-order valence-electron chi connectivity index (χ3n) is 5.36. The lowest BCUT2D eigenvalue weighted by Crippen LogP contribution is -2.38. The zero-order chi connectivity index (χ0) is 18.6. The molecule has 1 N–H and O–H groups in total. The summed E-state index contributed by atoms with van der Waals surface area (Å²) in [7, 11) is 1.37. The molecule has 0 radical (unpaired) electrons. The van der Waals surface area contributed by atoms with E-state index >= 15 is 0 Å². The topological polar surface area (TPSA) is 66.8 Å². The fourth-order valence-corrected chi connectivity index (χ4v) is 4.32. The van der Waals surface area contributed by atoms with Gasteiger partial charge in [0.25, 0.3) is 0 Å². The van der Waals surface area contributed by atoms with Gasteiger partial charge in [-0.2, -0.15) is 0 Å². The maximum Gasteiger partial charge on any atom is 0.409 e. The van der Waals surface area contributed by atoms with Crippen LogP contribution in [0.2, 0.25) is 0 Å². The molecule has 5 nitrogen and oxygen atoms in total. The van der Waals surface area contributed by atoms with E-state index in [4.69, 9.17) is 4.74 Å². The van der Waals surface area contributed by atoms with E-state index in [-0.39, 0.29) is 17.8 Å². The number of carbonyl (C=O) groups is 2. The van der Waals surface area contributed by atoms with Crippen molar-refractivity contribution in [2.24, 2.45) is 11.8 Å². The summed E-state index contributed by atoms with van der Waals surface area (Å²) in [6, 6.07) is 0. The molecule has 0 spiro atoms. The molecular formula is C20H31NO4. The first kappa shape index (κ1) is 19.7. The molecule has 1 aliphatic heterocycles. The van der Waals surface area contributed by atoms with Gasteiger partial charge in [-0.15, -0.1) is 0 Å². The number of Topliss-reactive ketones (excluding diaryl/α,β-unsaturated/α-hetero) is 1. The largest absolute Gasteiger partial charge is 0.453 e. The van der Waals surface area contributed by atoms with E-state index in [0.29, 0.717) is 38.8 Å². The molecule has 3 unspecified atom stereocenters. The first-order chi connectivity index (χ1) is 11.8. The second kappa shape index (κ2) is 8.65. The van der Waals surface area contributed by atoms with Crippen LogP contribution in [0.4, 0.5) is 4.79 Å². The fourth-order valence-electron chi connectivity index (χ4n) is 4.32. The van der Waals surface area contributed by atoms with Crippen molar-refractivity contribution in [2.75, 3.05) is 20.2 Å². The van der Waals surface area contributed by atoms with E-state index in [1.807, 2.05) is 6.92 Å². The van der Waals surface area contributed by atoms with Gasteiger partial charge in [0.2, 0.25) is 0 Å². The number of aliphatic hydroxyl groups excluding tert-OH is 1. The summed E-state index contributed by atoms with van der Waals surface area (Å²) in [4.78, 5) is 26.3. The van der Waals surface area contributed by atoms with Crippen LogP contribution in [0.5, 0.6) is 0 Å². The fraction of sp³-hybridized carbons (Fsp3) is 0.700. The predicted molar refractivity (Wildman–Crippen MR) is 97.2 cm³/mol. The second-order valence-corrected chi connectivity index (χ2v) is 7.45. The highest BCUT2D eigenvalue weighted by atomic mass is 16.5. The summed E-state index contributed by atoms with van der Waals surface area (Å²) < 4.78 is 4.79. The van der Waals surface area contributed by atoms with Gasteiger partial charge in [-0.05, 0) is 45.4 Å². The molecule has 0 aromatic carbocycles. The highest BCUT2D eigenvalue weighted by molar-refractivity contribution is 5.85. The Bertz CT molecular complexity index is 578. The van der Waals surface area contributed by atoms with Crippen LogP contribution in [0, 0.1) is 11.8 Å². The number of hydrogen-bond acceptors (Lipinski definition) is 4. The Kier molecular flexibility index (Phi) is 6.82. The zero-order valence-corrected chi connectivity index (χ0v) is 15.9. The number of amides is 1. The van der Waals surface area contributed by atoms with Crippen molar-refractivity contribution in [2.45, 2.75) is 59.0 Å². The van der Waals surface area contributed by atoms with Crippen LogP contribution in [0.3, 0.4) is 0 Å². The Morgan fingerprint density at radius 3 is 2.60 bits per heavy atom. The van der Waals surface area contributed by atoms with E-state index in [1.54, 1.807) is 4.90 Å². The van der Waals surface area contributed by atoms with Gasteiger partial charge in [0.05, 0.1) is 19.1 Å². The Hall–Kier alpha value is -1.62. The molecule has 1 fully saturated rings. The van der Waals surface area contributed by atoms with Crippen LogP contribution in [0.1, 0.15) is 52.9 Å². The minimum atomic E-state index is -0.690. The summed E-state index contributed by atoms with van der Waals surface area (Å²) in [5.41, 5.74) is 3.56. The third-order valence-corrected chi connectivity index (χ3v) is 5.36. The first-order valence-corrected chi connectivity index (χ1v) is 9.26. The number of hydrogen-bond donors (Lipinski definition) is 1. The normalized spacial score (nSPS) is 29.3. The number of ether oxygens (including phenoxy) is 1. The Balaban J connectivity index is 2.21. The monoisotopic (exact) mass is 349 g/mol. The summed E-state index contributed by atoms with van der Waals surface area (Å²) >= 11 is 0. The molecule has 0 saturated carbocycles. The number of rotatable bonds is 1. The number of nitrogens with zero attached hydrogens (tertiary/aromatic N) is 1. The minimum absolute atomic E-state index is 0.0911. The van der Waals surface area contributed by atoms with Crippen LogP contribution in [0.25, 0.3) is 0 Å². The Labute approximate surface area is 150 Å². The van der Waals surface area contributed by atoms with Gasteiger partial charge in [0, 0.05) is 19.5 Å². The van der Waals surface area contributed by atoms with Crippen molar-refractivity contribution in [3.63, 3.8) is 0 Å². The number of allylic oxidation sites excluding steroid dienone is 3. The molecule has 25 heavy (non-hydrogen) atoms. The van der Waals surface area contributed by atoms with Gasteiger partial charge in [0.15, 0.2) is 0 Å². The van der Waals surface area contributed by atoms with E-state index < -0.39 is 12.0 Å². The summed E-state index contributed by atoms with van der Waals surface area (Å²) in [6.45, 7) is 7.38. The maximum absolute atomic E-state index is 12.9. The van der Waals surface area contributed by atoms with Crippen LogP contribution < -0.4 is 0 Å². The van der Waals surface area contributed by atoms with Crippen molar-refractivity contribution in [3.05, 3.63) is 22.8 Å². The van der Waals surface area contributed by atoms with Crippen molar-refractivity contribution in [1.29, 1.82) is 0 Å². The molecule has 140 valence electrons. The molecule has 2 aliphatic rings. The lowest BCUT2D eigenvalue weighted by atomic mass is 9.73. The van der Waals surface area contributed by atoms with Gasteiger partial charge < -0.3 is 14.7 Å². The summed E-state index contributed by atoms with van der Waals surface area (Å²) in [5.74, 6) is -0.0412. The molecule has 5 heteroatoms. The minimum Gasteiger partial charge on any atom is -0.453 e. The molecular weight excluding hydrogens is 318 g/mol. The molecule has 1 amide bonds. The molecule has 2 rings (SSSR count). The van der Waals surface area contributed by atoms with E-state index in [2.05, 4.69) is 19.9 Å². The van der Waals surface area contributed by atoms with Crippen molar-refractivity contribution in [1.82, 2.24) is 4.90 Å². The van der Waals surface area contributed by atoms with Gasteiger partial charge in [0.1, 0.15) is 5.78 Å². The molecule has 0 aromatic rings. The standard InChI is InChI=1S/C20H31NO4/c1-13-11-14(2)18(15(3)12-13)19-16(22)7-5-9-21(20(24)25-4)10-6-8-17(19)23/h11,15-16,19,22H,5-10,12H2,1-4H3. The summed E-state index contributed by atoms with van der Waals surface area (Å²) in [6.07, 6.45) is 4.19. The molecule has 1 heterocycles. The second-order valence-electron chi connectivity index (χ2n) is 7.45. The highest BCUT2D eigenvalue weighted by Crippen LogP contribution is 2.37. The van der Waals surface area contributed by atoms with E-state index in [1.165, 1.54) is 12.7 Å². The van der Waals surface area contributed by atoms with Crippen molar-refractivity contribution < 1.29 is 19.4 Å². The number of methoxy groups -OCH3 is 1. The third kappa shape index (κ3) is 4.72. The predicted octanol–water partition coefficient (Wildman–Crippen LogP) is 3.48. The lowest BCUT2D eigenvalue weighted by molar-refractivity contribution is -0.125. The van der Waals surface area contributed by atoms with Gasteiger partial charge >= 0.3 is 6.09 Å². The average Bonchev–Trinajstić information content (AvgIpc) is 2.54. The maximum atomic E-state index is 12.9. The quantitative estimate of drug-likeness (QED) is 0.787. The highest BCUT2D eigenvalue weighted by Gasteiger charge is 2.35.